The fourth-order valence-electron chi connectivity index (χ4n) is 4.48. The first-order valence-corrected chi connectivity index (χ1v) is 8.45. The molecule has 1 aliphatic heterocycles. The van der Waals surface area contributed by atoms with E-state index in [2.05, 4.69) is 29.2 Å². The minimum atomic E-state index is 0.884. The zero-order valence-electron chi connectivity index (χ0n) is 12.4. The van der Waals surface area contributed by atoms with Crippen molar-refractivity contribution in [1.29, 1.82) is 0 Å². The van der Waals surface area contributed by atoms with Crippen LogP contribution in [-0.2, 0) is 6.42 Å². The third-order valence-corrected chi connectivity index (χ3v) is 5.60. The van der Waals surface area contributed by atoms with Crippen molar-refractivity contribution >= 4 is 5.57 Å². The number of hydrogen-bond donors (Lipinski definition) is 0. The molecule has 1 heterocycles. The first-order chi connectivity index (χ1) is 9.92. The van der Waals surface area contributed by atoms with E-state index in [9.17, 15) is 0 Å². The van der Waals surface area contributed by atoms with Gasteiger partial charge in [-0.2, -0.15) is 0 Å². The second kappa shape index (κ2) is 5.37. The van der Waals surface area contributed by atoms with Gasteiger partial charge in [-0.3, -0.25) is 4.90 Å². The zero-order chi connectivity index (χ0) is 13.4. The second-order valence-electron chi connectivity index (χ2n) is 6.75. The van der Waals surface area contributed by atoms with Crippen LogP contribution in [0.25, 0.3) is 5.57 Å². The molecule has 106 valence electrons. The number of hydrogen-bond acceptors (Lipinski definition) is 1. The van der Waals surface area contributed by atoms with Crippen LogP contribution >= 0.6 is 0 Å². The van der Waals surface area contributed by atoms with Crippen LogP contribution in [0.15, 0.2) is 29.8 Å². The molecule has 0 unspecified atom stereocenters. The molecule has 0 aromatic heterocycles. The highest BCUT2D eigenvalue weighted by atomic mass is 15.2. The van der Waals surface area contributed by atoms with Crippen molar-refractivity contribution in [2.45, 2.75) is 57.4 Å². The Labute approximate surface area is 122 Å². The predicted molar refractivity (Wildman–Crippen MR) is 84.7 cm³/mol. The third-order valence-electron chi connectivity index (χ3n) is 5.60. The largest absolute Gasteiger partial charge is 0.296 e. The van der Waals surface area contributed by atoms with Gasteiger partial charge in [-0.05, 0) is 48.8 Å². The highest BCUT2D eigenvalue weighted by Crippen LogP contribution is 2.38. The summed E-state index contributed by atoms with van der Waals surface area (Å²) in [4.78, 5) is 2.80. The lowest BCUT2D eigenvalue weighted by molar-refractivity contribution is 0.165. The van der Waals surface area contributed by atoms with Crippen molar-refractivity contribution in [2.75, 3.05) is 13.1 Å². The molecule has 0 bridgehead atoms. The van der Waals surface area contributed by atoms with Gasteiger partial charge >= 0.3 is 0 Å². The molecule has 1 aromatic carbocycles. The molecule has 1 saturated carbocycles. The molecule has 0 amide bonds. The van der Waals surface area contributed by atoms with Gasteiger partial charge in [-0.1, -0.05) is 49.1 Å². The zero-order valence-corrected chi connectivity index (χ0v) is 12.4. The Morgan fingerprint density at radius 2 is 1.75 bits per heavy atom. The monoisotopic (exact) mass is 267 g/mol. The van der Waals surface area contributed by atoms with Crippen LogP contribution in [0.2, 0.25) is 0 Å². The fourth-order valence-corrected chi connectivity index (χ4v) is 4.48. The summed E-state index contributed by atoms with van der Waals surface area (Å²) in [5, 5.41) is 0. The standard InChI is InChI=1S/C19H25N/c1-2-7-17(8-3-1)20-13-12-19-16(14-20)11-10-15-6-4-5-9-18(15)19/h4-6,9,17H,1-3,7-8,10-14H2. The van der Waals surface area contributed by atoms with Gasteiger partial charge in [0.25, 0.3) is 0 Å². The van der Waals surface area contributed by atoms with Crippen molar-refractivity contribution in [3.8, 4) is 0 Å². The lowest BCUT2D eigenvalue weighted by atomic mass is 9.81. The van der Waals surface area contributed by atoms with Gasteiger partial charge in [0.05, 0.1) is 0 Å². The first-order valence-electron chi connectivity index (χ1n) is 8.45. The average Bonchev–Trinajstić information content (AvgIpc) is 2.55. The van der Waals surface area contributed by atoms with Crippen molar-refractivity contribution in [1.82, 2.24) is 4.90 Å². The van der Waals surface area contributed by atoms with Crippen LogP contribution in [0.3, 0.4) is 0 Å². The van der Waals surface area contributed by atoms with E-state index < -0.39 is 0 Å². The Morgan fingerprint density at radius 1 is 0.900 bits per heavy atom. The molecule has 1 aromatic rings. The summed E-state index contributed by atoms with van der Waals surface area (Å²) in [6, 6.07) is 9.96. The first kappa shape index (κ1) is 12.6. The van der Waals surface area contributed by atoms with Crippen molar-refractivity contribution < 1.29 is 0 Å². The predicted octanol–water partition coefficient (Wildman–Crippen LogP) is 4.42. The number of rotatable bonds is 1. The Balaban J connectivity index is 1.57. The van der Waals surface area contributed by atoms with Gasteiger partial charge in [-0.15, -0.1) is 0 Å². The maximum Gasteiger partial charge on any atom is 0.0202 e. The summed E-state index contributed by atoms with van der Waals surface area (Å²) in [5.74, 6) is 0. The lowest BCUT2D eigenvalue weighted by Crippen LogP contribution is -2.41. The molecule has 2 aliphatic carbocycles. The Morgan fingerprint density at radius 3 is 2.65 bits per heavy atom. The minimum absolute atomic E-state index is 0.884. The quantitative estimate of drug-likeness (QED) is 0.728. The van der Waals surface area contributed by atoms with Crippen LogP contribution in [0.1, 0.15) is 56.1 Å². The van der Waals surface area contributed by atoms with Crippen LogP contribution in [-0.4, -0.2) is 24.0 Å². The maximum atomic E-state index is 2.80. The summed E-state index contributed by atoms with van der Waals surface area (Å²) in [6.45, 7) is 2.55. The van der Waals surface area contributed by atoms with Crippen molar-refractivity contribution in [2.24, 2.45) is 0 Å². The summed E-state index contributed by atoms with van der Waals surface area (Å²) in [6.07, 6.45) is 11.1. The third kappa shape index (κ3) is 2.22. The van der Waals surface area contributed by atoms with Gasteiger partial charge in [-0.25, -0.2) is 0 Å². The van der Waals surface area contributed by atoms with Crippen molar-refractivity contribution in [3.05, 3.63) is 41.0 Å². The average molecular weight is 267 g/mol. The number of nitrogens with zero attached hydrogens (tertiary/aromatic N) is 1. The van der Waals surface area contributed by atoms with E-state index in [4.69, 9.17) is 0 Å². The summed E-state index contributed by atoms with van der Waals surface area (Å²) < 4.78 is 0. The summed E-state index contributed by atoms with van der Waals surface area (Å²) in [7, 11) is 0. The molecule has 3 aliphatic rings. The number of fused-ring (bicyclic) bond motifs is 2. The SMILES string of the molecule is c1ccc2c(c1)CCC1=C2CCN(C2CCCCC2)C1. The molecule has 20 heavy (non-hydrogen) atoms. The molecule has 1 fully saturated rings. The number of benzene rings is 1. The number of aryl methyl sites for hydroxylation is 1. The highest BCUT2D eigenvalue weighted by Gasteiger charge is 2.28. The van der Waals surface area contributed by atoms with Gasteiger partial charge in [0.1, 0.15) is 0 Å². The van der Waals surface area contributed by atoms with E-state index >= 15 is 0 Å². The van der Waals surface area contributed by atoms with E-state index in [0.29, 0.717) is 0 Å². The smallest absolute Gasteiger partial charge is 0.0202 e. The molecule has 0 N–H and O–H groups in total. The lowest BCUT2D eigenvalue weighted by Gasteiger charge is -2.40. The van der Waals surface area contributed by atoms with E-state index in [-0.39, 0.29) is 0 Å². The normalized spacial score (nSPS) is 24.4. The fraction of sp³-hybridized carbons (Fsp3) is 0.579. The van der Waals surface area contributed by atoms with Crippen LogP contribution < -0.4 is 0 Å². The second-order valence-corrected chi connectivity index (χ2v) is 6.75. The Kier molecular flexibility index (Phi) is 3.39. The van der Waals surface area contributed by atoms with Gasteiger partial charge in [0.15, 0.2) is 0 Å². The summed E-state index contributed by atoms with van der Waals surface area (Å²) in [5.41, 5.74) is 6.59. The van der Waals surface area contributed by atoms with Gasteiger partial charge in [0, 0.05) is 19.1 Å². The van der Waals surface area contributed by atoms with Crippen molar-refractivity contribution in [3.63, 3.8) is 0 Å². The molecule has 0 spiro atoms. The molecule has 0 radical (unpaired) electrons. The Bertz CT molecular complexity index is 522. The highest BCUT2D eigenvalue weighted by molar-refractivity contribution is 5.74. The molecule has 4 rings (SSSR count). The topological polar surface area (TPSA) is 3.24 Å². The van der Waals surface area contributed by atoms with Crippen LogP contribution in [0, 0.1) is 0 Å². The maximum absolute atomic E-state index is 2.80. The molecular weight excluding hydrogens is 242 g/mol. The minimum Gasteiger partial charge on any atom is -0.296 e. The van der Waals surface area contributed by atoms with E-state index in [1.807, 2.05) is 0 Å². The van der Waals surface area contributed by atoms with E-state index in [0.717, 1.165) is 6.04 Å². The molecule has 1 nitrogen and oxygen atoms in total. The molecule has 0 atom stereocenters. The molecule has 0 saturated heterocycles. The van der Waals surface area contributed by atoms with Gasteiger partial charge < -0.3 is 0 Å². The van der Waals surface area contributed by atoms with Gasteiger partial charge in [0.2, 0.25) is 0 Å². The van der Waals surface area contributed by atoms with E-state index in [1.54, 1.807) is 22.3 Å². The summed E-state index contributed by atoms with van der Waals surface area (Å²) >= 11 is 0. The Hall–Kier alpha value is -1.08. The molecular formula is C19H25N. The van der Waals surface area contributed by atoms with Crippen LogP contribution in [0.4, 0.5) is 0 Å². The molecule has 1 heteroatoms. The van der Waals surface area contributed by atoms with Crippen LogP contribution in [0.5, 0.6) is 0 Å². The van der Waals surface area contributed by atoms with E-state index in [1.165, 1.54) is 64.5 Å².